The zero-order valence-corrected chi connectivity index (χ0v) is 20.6. The third-order valence-electron chi connectivity index (χ3n) is 7.80. The van der Waals surface area contributed by atoms with Crippen molar-refractivity contribution in [3.05, 3.63) is 57.9 Å². The number of hydrogen-bond acceptors (Lipinski definition) is 5. The number of nitrogens with one attached hydrogen (secondary N) is 1. The molecule has 1 aromatic carbocycles. The summed E-state index contributed by atoms with van der Waals surface area (Å²) in [4.78, 5) is 24.4. The average molecular weight is 477 g/mol. The highest BCUT2D eigenvalue weighted by Gasteiger charge is 2.44. The number of ether oxygens (including phenoxy) is 1. The van der Waals surface area contributed by atoms with Crippen molar-refractivity contribution in [3.8, 4) is 0 Å². The zero-order chi connectivity index (χ0) is 23.1. The lowest BCUT2D eigenvalue weighted by atomic mass is 9.85. The minimum atomic E-state index is -0.218. The Morgan fingerprint density at radius 1 is 1.26 bits per heavy atom. The second kappa shape index (κ2) is 8.95. The lowest BCUT2D eigenvalue weighted by Gasteiger charge is -2.45. The quantitative estimate of drug-likeness (QED) is 0.575. The average Bonchev–Trinajstić information content (AvgIpc) is 3.36. The Hall–Kier alpha value is -2.48. The van der Waals surface area contributed by atoms with Crippen LogP contribution in [0.3, 0.4) is 0 Å². The van der Waals surface area contributed by atoms with E-state index in [1.165, 1.54) is 10.4 Å². The molecule has 6 rings (SSSR count). The summed E-state index contributed by atoms with van der Waals surface area (Å²) < 4.78 is 6.39. The highest BCUT2D eigenvalue weighted by atomic mass is 32.1. The maximum atomic E-state index is 14.2. The van der Waals surface area contributed by atoms with Crippen molar-refractivity contribution in [2.45, 2.75) is 50.7 Å². The lowest BCUT2D eigenvalue weighted by molar-refractivity contribution is -0.0894. The highest BCUT2D eigenvalue weighted by molar-refractivity contribution is 7.10. The number of fused-ring (bicyclic) bond motifs is 3. The lowest BCUT2D eigenvalue weighted by Crippen LogP contribution is -2.57. The van der Waals surface area contributed by atoms with Crippen LogP contribution in [0.25, 0.3) is 10.8 Å². The van der Waals surface area contributed by atoms with E-state index in [1.807, 2.05) is 33.4 Å². The molecule has 0 bridgehead atoms. The van der Waals surface area contributed by atoms with Gasteiger partial charge in [0.25, 0.3) is 0 Å². The first kappa shape index (κ1) is 22.0. The van der Waals surface area contributed by atoms with Gasteiger partial charge in [-0.15, -0.1) is 11.3 Å². The Labute approximate surface area is 204 Å². The molecule has 0 saturated carbocycles. The molecule has 0 aliphatic carbocycles. The molecule has 178 valence electrons. The minimum absolute atomic E-state index is 0.0778. The molecule has 7 heteroatoms. The molecule has 3 aliphatic heterocycles. The first-order valence-corrected chi connectivity index (χ1v) is 13.4. The summed E-state index contributed by atoms with van der Waals surface area (Å²) >= 11 is 1.81. The maximum absolute atomic E-state index is 14.2. The summed E-state index contributed by atoms with van der Waals surface area (Å²) in [6, 6.07) is 10.8. The van der Waals surface area contributed by atoms with Crippen molar-refractivity contribution in [1.82, 2.24) is 15.2 Å². The molecule has 1 unspecified atom stereocenters. The van der Waals surface area contributed by atoms with Crippen LogP contribution >= 0.6 is 11.3 Å². The number of rotatable bonds is 2. The van der Waals surface area contributed by atoms with Gasteiger partial charge in [-0.1, -0.05) is 18.2 Å². The Morgan fingerprint density at radius 2 is 2.15 bits per heavy atom. The van der Waals surface area contributed by atoms with Crippen LogP contribution in [0.4, 0.5) is 10.6 Å². The Bertz CT molecular complexity index is 1190. The molecule has 6 nitrogen and oxygen atoms in total. The van der Waals surface area contributed by atoms with Crippen LogP contribution in [0.1, 0.15) is 41.7 Å². The second-order valence-electron chi connectivity index (χ2n) is 9.82. The Kier molecular flexibility index (Phi) is 5.79. The van der Waals surface area contributed by atoms with Crippen LogP contribution in [-0.4, -0.2) is 54.7 Å². The number of hydrogen-bond donors (Lipinski definition) is 1. The van der Waals surface area contributed by atoms with Crippen LogP contribution in [0.15, 0.2) is 41.9 Å². The van der Waals surface area contributed by atoms with E-state index in [0.29, 0.717) is 13.1 Å². The van der Waals surface area contributed by atoms with Crippen LogP contribution in [-0.2, 0) is 16.8 Å². The maximum Gasteiger partial charge on any atom is 0.325 e. The predicted molar refractivity (Wildman–Crippen MR) is 137 cm³/mol. The van der Waals surface area contributed by atoms with Crippen LogP contribution in [0.5, 0.6) is 0 Å². The molecule has 3 aromatic rings. The van der Waals surface area contributed by atoms with Gasteiger partial charge in [-0.25, -0.2) is 9.78 Å². The van der Waals surface area contributed by atoms with E-state index < -0.39 is 0 Å². The minimum Gasteiger partial charge on any atom is -0.369 e. The van der Waals surface area contributed by atoms with Gasteiger partial charge in [0.05, 0.1) is 12.6 Å². The number of benzene rings is 1. The molecule has 34 heavy (non-hydrogen) atoms. The molecule has 1 N–H and O–H groups in total. The van der Waals surface area contributed by atoms with Gasteiger partial charge >= 0.3 is 6.03 Å². The number of pyridine rings is 1. The van der Waals surface area contributed by atoms with Gasteiger partial charge in [-0.2, -0.15) is 0 Å². The van der Waals surface area contributed by atoms with Crippen LogP contribution in [0, 0.1) is 6.92 Å². The summed E-state index contributed by atoms with van der Waals surface area (Å²) in [5, 5.41) is 7.90. The summed E-state index contributed by atoms with van der Waals surface area (Å²) in [5.41, 5.74) is 2.37. The molecule has 2 aromatic heterocycles. The van der Waals surface area contributed by atoms with Crippen molar-refractivity contribution in [2.24, 2.45) is 0 Å². The number of aromatic nitrogens is 1. The first-order valence-electron chi connectivity index (χ1n) is 12.5. The standard InChI is InChI=1S/C27H32N4O2S/c1-19-4-2-5-20-7-13-29-25(23(19)20)31(22-6-3-12-28-18-22)26(32)30-14-10-27(11-15-30)24-21(8-16-33-27)9-17-34-24/h2,4-5,7,9,13,17,22,28H,3,6,8,10-12,14-16,18H2,1H3. The smallest absolute Gasteiger partial charge is 0.325 e. The molecule has 1 spiro atoms. The number of aryl methyl sites for hydroxylation is 1. The first-order chi connectivity index (χ1) is 16.7. The summed E-state index contributed by atoms with van der Waals surface area (Å²) in [6.45, 7) is 6.10. The topological polar surface area (TPSA) is 57.7 Å². The van der Waals surface area contributed by atoms with E-state index in [0.717, 1.165) is 74.0 Å². The third kappa shape index (κ3) is 3.70. The summed E-state index contributed by atoms with van der Waals surface area (Å²) in [7, 11) is 0. The van der Waals surface area contributed by atoms with Gasteiger partial charge < -0.3 is 15.0 Å². The van der Waals surface area contributed by atoms with Crippen molar-refractivity contribution in [3.63, 3.8) is 0 Å². The Morgan fingerprint density at radius 3 is 2.97 bits per heavy atom. The SMILES string of the molecule is Cc1cccc2ccnc(N(C(=O)N3CCC4(CC3)OCCc3ccsc34)C3CCCNC3)c12. The number of nitrogens with zero attached hydrogens (tertiary/aromatic N) is 3. The molecule has 2 saturated heterocycles. The fraction of sp³-hybridized carbons (Fsp3) is 0.481. The fourth-order valence-corrected chi connectivity index (χ4v) is 7.15. The van der Waals surface area contributed by atoms with E-state index >= 15 is 0 Å². The number of anilines is 1. The largest absolute Gasteiger partial charge is 0.369 e. The van der Waals surface area contributed by atoms with Crippen molar-refractivity contribution < 1.29 is 9.53 Å². The van der Waals surface area contributed by atoms with Gasteiger partial charge in [-0.3, -0.25) is 4.90 Å². The van der Waals surface area contributed by atoms with E-state index in [-0.39, 0.29) is 17.7 Å². The molecular weight excluding hydrogens is 444 g/mol. The number of amides is 2. The number of likely N-dealkylation sites (tertiary alicyclic amines) is 1. The van der Waals surface area contributed by atoms with E-state index in [2.05, 4.69) is 41.9 Å². The molecule has 2 amide bonds. The molecule has 2 fully saturated rings. The summed E-state index contributed by atoms with van der Waals surface area (Å²) in [5.74, 6) is 0.795. The molecule has 3 aliphatic rings. The molecule has 0 radical (unpaired) electrons. The monoisotopic (exact) mass is 476 g/mol. The van der Waals surface area contributed by atoms with Crippen molar-refractivity contribution in [2.75, 3.05) is 37.7 Å². The number of urea groups is 1. The van der Waals surface area contributed by atoms with Gasteiger partial charge in [0.15, 0.2) is 0 Å². The molecular formula is C27H32N4O2S. The number of piperidine rings is 2. The number of carbonyl (C=O) groups is 1. The van der Waals surface area contributed by atoms with Crippen molar-refractivity contribution in [1.29, 1.82) is 0 Å². The van der Waals surface area contributed by atoms with Gasteiger partial charge in [-0.05, 0) is 79.6 Å². The van der Waals surface area contributed by atoms with Gasteiger partial charge in [0, 0.05) is 36.1 Å². The molecule has 1 atom stereocenters. The van der Waals surface area contributed by atoms with E-state index in [9.17, 15) is 4.79 Å². The number of carbonyl (C=O) groups excluding carboxylic acids is 1. The van der Waals surface area contributed by atoms with E-state index in [4.69, 9.17) is 9.72 Å². The second-order valence-corrected chi connectivity index (χ2v) is 10.7. The predicted octanol–water partition coefficient (Wildman–Crippen LogP) is 4.85. The molecule has 5 heterocycles. The zero-order valence-electron chi connectivity index (χ0n) is 19.8. The van der Waals surface area contributed by atoms with Crippen molar-refractivity contribution >= 4 is 34.0 Å². The fourth-order valence-electron chi connectivity index (χ4n) is 5.98. The normalized spacial score (nSPS) is 22.0. The summed E-state index contributed by atoms with van der Waals surface area (Å²) in [6.07, 6.45) is 6.60. The third-order valence-corrected chi connectivity index (χ3v) is 8.94. The van der Waals surface area contributed by atoms with Gasteiger partial charge in [0.1, 0.15) is 11.4 Å². The van der Waals surface area contributed by atoms with E-state index in [1.54, 1.807) is 0 Å². The Balaban J connectivity index is 1.32. The van der Waals surface area contributed by atoms with Crippen LogP contribution < -0.4 is 10.2 Å². The van der Waals surface area contributed by atoms with Gasteiger partial charge in [0.2, 0.25) is 0 Å². The van der Waals surface area contributed by atoms with Crippen LogP contribution in [0.2, 0.25) is 0 Å². The number of thiophene rings is 1. The highest BCUT2D eigenvalue weighted by Crippen LogP contribution is 2.44.